The van der Waals surface area contributed by atoms with Gasteiger partial charge in [0.15, 0.2) is 0 Å². The van der Waals surface area contributed by atoms with Gasteiger partial charge in [-0.2, -0.15) is 4.98 Å². The number of anilines is 2. The number of hydrogen-bond donors (Lipinski definition) is 1. The summed E-state index contributed by atoms with van der Waals surface area (Å²) in [5, 5.41) is 3.81. The van der Waals surface area contributed by atoms with Gasteiger partial charge in [0.1, 0.15) is 5.82 Å². The maximum Gasteiger partial charge on any atom is 0.225 e. The van der Waals surface area contributed by atoms with E-state index in [1.165, 1.54) is 101 Å². The minimum absolute atomic E-state index is 0.468. The predicted octanol–water partition coefficient (Wildman–Crippen LogP) is 5.44. The lowest BCUT2D eigenvalue weighted by Crippen LogP contribution is -2.38. The second-order valence-corrected chi connectivity index (χ2v) is 10.2. The summed E-state index contributed by atoms with van der Waals surface area (Å²) in [7, 11) is 0. The summed E-state index contributed by atoms with van der Waals surface area (Å²) in [6.07, 6.45) is 16.6. The van der Waals surface area contributed by atoms with Gasteiger partial charge in [-0.3, -0.25) is 0 Å². The summed E-state index contributed by atoms with van der Waals surface area (Å²) in [6, 6.07) is 0.468. The maximum atomic E-state index is 5.18. The number of hydrogen-bond acceptors (Lipinski definition) is 5. The summed E-state index contributed by atoms with van der Waals surface area (Å²) in [4.78, 5) is 15.5. The van der Waals surface area contributed by atoms with Crippen molar-refractivity contribution in [2.45, 2.75) is 103 Å². The molecule has 1 aromatic rings. The molecule has 1 aliphatic carbocycles. The van der Waals surface area contributed by atoms with Gasteiger partial charge in [0.25, 0.3) is 0 Å². The third kappa shape index (κ3) is 6.12. The fourth-order valence-electron chi connectivity index (χ4n) is 5.78. The van der Waals surface area contributed by atoms with Crippen LogP contribution in [0.4, 0.5) is 11.8 Å². The predicted molar refractivity (Wildman–Crippen MR) is 131 cm³/mol. The zero-order valence-corrected chi connectivity index (χ0v) is 20.2. The van der Waals surface area contributed by atoms with E-state index in [0.717, 1.165) is 44.3 Å². The van der Waals surface area contributed by atoms with E-state index in [9.17, 15) is 0 Å². The van der Waals surface area contributed by atoms with Gasteiger partial charge in [0.05, 0.1) is 5.69 Å². The van der Waals surface area contributed by atoms with Crippen molar-refractivity contribution in [1.82, 2.24) is 14.9 Å². The molecule has 3 aliphatic rings. The van der Waals surface area contributed by atoms with E-state index in [2.05, 4.69) is 29.0 Å². The standard InChI is InChI=1S/C26H45N5/c1-3-21(4-2)19-30-16-12-9-13-22(20-30)27-26-28-24-15-8-7-14-23(24)25(29-26)31-17-10-5-6-11-18-31/h21-22H,3-20H2,1-2H3,(H,27,28,29). The van der Waals surface area contributed by atoms with Crippen LogP contribution in [0.25, 0.3) is 0 Å². The second kappa shape index (κ2) is 11.5. The molecule has 5 heteroatoms. The molecule has 5 nitrogen and oxygen atoms in total. The number of aryl methyl sites for hydroxylation is 1. The van der Waals surface area contributed by atoms with E-state index >= 15 is 0 Å². The Kier molecular flexibility index (Phi) is 8.46. The van der Waals surface area contributed by atoms with Gasteiger partial charge in [-0.25, -0.2) is 4.98 Å². The van der Waals surface area contributed by atoms with Crippen LogP contribution in [0.5, 0.6) is 0 Å². The van der Waals surface area contributed by atoms with Gasteiger partial charge in [0, 0.05) is 37.8 Å². The van der Waals surface area contributed by atoms with Crippen molar-refractivity contribution in [2.75, 3.05) is 42.9 Å². The average molecular weight is 428 g/mol. The number of fused-ring (bicyclic) bond motifs is 1. The molecule has 1 unspecified atom stereocenters. The lowest BCUT2D eigenvalue weighted by molar-refractivity contribution is 0.226. The van der Waals surface area contributed by atoms with Gasteiger partial charge < -0.3 is 15.1 Å². The highest BCUT2D eigenvalue weighted by Crippen LogP contribution is 2.31. The van der Waals surface area contributed by atoms with E-state index in [-0.39, 0.29) is 0 Å². The van der Waals surface area contributed by atoms with Crippen LogP contribution in [-0.2, 0) is 12.8 Å². The van der Waals surface area contributed by atoms with E-state index in [0.29, 0.717) is 6.04 Å². The molecule has 2 saturated heterocycles. The van der Waals surface area contributed by atoms with Gasteiger partial charge in [-0.05, 0) is 63.8 Å². The molecular formula is C26H45N5. The monoisotopic (exact) mass is 427 g/mol. The normalized spacial score (nSPS) is 23.3. The van der Waals surface area contributed by atoms with Crippen LogP contribution in [-0.4, -0.2) is 53.6 Å². The third-order valence-electron chi connectivity index (χ3n) is 7.83. The Morgan fingerprint density at radius 2 is 1.61 bits per heavy atom. The molecule has 2 fully saturated rings. The molecule has 174 valence electrons. The Labute approximate surface area is 190 Å². The van der Waals surface area contributed by atoms with E-state index in [1.54, 1.807) is 0 Å². The van der Waals surface area contributed by atoms with Crippen molar-refractivity contribution in [3.05, 3.63) is 11.3 Å². The molecule has 0 aromatic carbocycles. The van der Waals surface area contributed by atoms with Crippen LogP contribution >= 0.6 is 0 Å². The summed E-state index contributed by atoms with van der Waals surface area (Å²) in [6.45, 7) is 10.6. The van der Waals surface area contributed by atoms with Crippen molar-refractivity contribution >= 4 is 11.8 Å². The van der Waals surface area contributed by atoms with Crippen LogP contribution in [0.3, 0.4) is 0 Å². The SMILES string of the molecule is CCC(CC)CN1CCCCC(Nc2nc3c(c(N4CCCCCC4)n2)CCCC3)C1. The molecule has 1 N–H and O–H groups in total. The van der Waals surface area contributed by atoms with E-state index in [1.807, 2.05) is 0 Å². The topological polar surface area (TPSA) is 44.3 Å². The molecule has 0 spiro atoms. The second-order valence-electron chi connectivity index (χ2n) is 10.2. The quantitative estimate of drug-likeness (QED) is 0.628. The van der Waals surface area contributed by atoms with Crippen LogP contribution in [0.15, 0.2) is 0 Å². The van der Waals surface area contributed by atoms with E-state index < -0.39 is 0 Å². The first-order valence-electron chi connectivity index (χ1n) is 13.4. The Bertz CT molecular complexity index is 679. The van der Waals surface area contributed by atoms with Crippen LogP contribution in [0.2, 0.25) is 0 Å². The average Bonchev–Trinajstić information content (AvgIpc) is 3.20. The lowest BCUT2D eigenvalue weighted by atomic mass is 9.96. The Balaban J connectivity index is 1.51. The number of aromatic nitrogens is 2. The molecular weight excluding hydrogens is 382 g/mol. The van der Waals surface area contributed by atoms with Crippen molar-refractivity contribution < 1.29 is 0 Å². The largest absolute Gasteiger partial charge is 0.356 e. The Morgan fingerprint density at radius 3 is 2.39 bits per heavy atom. The highest BCUT2D eigenvalue weighted by Gasteiger charge is 2.25. The first-order valence-corrected chi connectivity index (χ1v) is 13.4. The maximum absolute atomic E-state index is 5.18. The highest BCUT2D eigenvalue weighted by atomic mass is 15.2. The molecule has 1 atom stereocenters. The number of nitrogens with one attached hydrogen (secondary N) is 1. The molecule has 31 heavy (non-hydrogen) atoms. The summed E-state index contributed by atoms with van der Waals surface area (Å²) in [5.74, 6) is 2.99. The fourth-order valence-corrected chi connectivity index (χ4v) is 5.78. The molecule has 1 aromatic heterocycles. The molecule has 0 radical (unpaired) electrons. The zero-order chi connectivity index (χ0) is 21.5. The Morgan fingerprint density at radius 1 is 0.871 bits per heavy atom. The van der Waals surface area contributed by atoms with Gasteiger partial charge >= 0.3 is 0 Å². The van der Waals surface area contributed by atoms with Gasteiger partial charge in [-0.1, -0.05) is 46.0 Å². The molecule has 0 bridgehead atoms. The smallest absolute Gasteiger partial charge is 0.225 e. The Hall–Kier alpha value is -1.36. The van der Waals surface area contributed by atoms with Gasteiger partial charge in [-0.15, -0.1) is 0 Å². The summed E-state index contributed by atoms with van der Waals surface area (Å²) < 4.78 is 0. The number of likely N-dealkylation sites (tertiary alicyclic amines) is 1. The van der Waals surface area contributed by atoms with Crippen molar-refractivity contribution in [3.63, 3.8) is 0 Å². The van der Waals surface area contributed by atoms with Crippen molar-refractivity contribution in [2.24, 2.45) is 5.92 Å². The number of rotatable bonds is 7. The highest BCUT2D eigenvalue weighted by molar-refractivity contribution is 5.54. The molecule has 3 heterocycles. The van der Waals surface area contributed by atoms with E-state index in [4.69, 9.17) is 9.97 Å². The van der Waals surface area contributed by atoms with Gasteiger partial charge in [0.2, 0.25) is 5.95 Å². The minimum atomic E-state index is 0.468. The van der Waals surface area contributed by atoms with Crippen molar-refractivity contribution in [3.8, 4) is 0 Å². The first kappa shape index (κ1) is 22.8. The fraction of sp³-hybridized carbons (Fsp3) is 0.846. The first-order chi connectivity index (χ1) is 15.3. The molecule has 0 amide bonds. The summed E-state index contributed by atoms with van der Waals surface area (Å²) in [5.41, 5.74) is 2.78. The summed E-state index contributed by atoms with van der Waals surface area (Å²) >= 11 is 0. The number of nitrogens with zero attached hydrogens (tertiary/aromatic N) is 4. The van der Waals surface area contributed by atoms with Crippen LogP contribution < -0.4 is 10.2 Å². The minimum Gasteiger partial charge on any atom is -0.356 e. The third-order valence-corrected chi connectivity index (χ3v) is 7.83. The molecule has 2 aliphatic heterocycles. The molecule has 4 rings (SSSR count). The van der Waals surface area contributed by atoms with Crippen LogP contribution in [0, 0.1) is 5.92 Å². The van der Waals surface area contributed by atoms with Crippen LogP contribution in [0.1, 0.15) is 95.7 Å². The zero-order valence-electron chi connectivity index (χ0n) is 20.2. The molecule has 0 saturated carbocycles. The lowest BCUT2D eigenvalue weighted by Gasteiger charge is -2.30. The van der Waals surface area contributed by atoms with Crippen molar-refractivity contribution in [1.29, 1.82) is 0 Å².